The van der Waals surface area contributed by atoms with Gasteiger partial charge in [-0.3, -0.25) is 0 Å². The van der Waals surface area contributed by atoms with E-state index in [0.717, 1.165) is 0 Å². The van der Waals surface area contributed by atoms with Gasteiger partial charge in [-0.15, -0.1) is 0 Å². The second-order valence-electron chi connectivity index (χ2n) is 4.91. The maximum Gasteiger partial charge on any atom is 1.00 e. The Balaban J connectivity index is 0. The van der Waals surface area contributed by atoms with Crippen LogP contribution >= 0.6 is 0 Å². The van der Waals surface area contributed by atoms with Crippen molar-refractivity contribution in [2.45, 2.75) is 38.9 Å². The Morgan fingerprint density at radius 3 is 2.00 bits per heavy atom. The molecule has 0 bridgehead atoms. The fourth-order valence-electron chi connectivity index (χ4n) is 0.677. The molecule has 0 radical (unpaired) electrons. The fourth-order valence-corrected chi connectivity index (χ4v) is 1.62. The van der Waals surface area contributed by atoms with Gasteiger partial charge in [-0.25, -0.2) is 7.11 Å². The van der Waals surface area contributed by atoms with Crippen LogP contribution in [-0.4, -0.2) is 21.5 Å². The van der Waals surface area contributed by atoms with Crippen LogP contribution in [0.4, 0.5) is 0 Å². The van der Waals surface area contributed by atoms with Gasteiger partial charge in [0.25, 0.3) is 0 Å². The van der Waals surface area contributed by atoms with Crippen LogP contribution in [0.25, 0.3) is 0 Å². The SMILES string of the molecule is [CH2-]OC/C=C\CO[Si](C)(C)C(C)(C)C.[Li+]. The Kier molecular flexibility index (Phi) is 9.17. The van der Waals surface area contributed by atoms with E-state index in [1.54, 1.807) is 0 Å². The predicted octanol–water partition coefficient (Wildman–Crippen LogP) is 0.377. The molecule has 0 N–H and O–H groups in total. The minimum Gasteiger partial charge on any atom is -0.552 e. The summed E-state index contributed by atoms with van der Waals surface area (Å²) in [6.45, 7) is 12.4. The van der Waals surface area contributed by atoms with E-state index in [1.807, 2.05) is 12.2 Å². The molecule has 0 rings (SSSR count). The minimum absolute atomic E-state index is 0. The minimum atomic E-state index is -1.57. The van der Waals surface area contributed by atoms with Crippen LogP contribution < -0.4 is 18.9 Å². The topological polar surface area (TPSA) is 18.5 Å². The Labute approximate surface area is 108 Å². The summed E-state index contributed by atoms with van der Waals surface area (Å²) in [6, 6.07) is 0. The number of hydrogen-bond acceptors (Lipinski definition) is 2. The molecule has 0 aliphatic carbocycles. The van der Waals surface area contributed by atoms with Gasteiger partial charge in [0.2, 0.25) is 0 Å². The van der Waals surface area contributed by atoms with E-state index >= 15 is 0 Å². The average molecular weight is 222 g/mol. The molecule has 84 valence electrons. The molecule has 0 aromatic carbocycles. The molecule has 0 saturated heterocycles. The molecule has 2 nitrogen and oxygen atoms in total. The third-order valence-electron chi connectivity index (χ3n) is 2.73. The third kappa shape index (κ3) is 7.38. The zero-order valence-corrected chi connectivity index (χ0v) is 12.1. The van der Waals surface area contributed by atoms with Gasteiger partial charge in [0, 0.05) is 6.61 Å². The molecule has 0 unspecified atom stereocenters. The first-order chi connectivity index (χ1) is 6.31. The molecule has 4 heteroatoms. The summed E-state index contributed by atoms with van der Waals surface area (Å²) in [6.07, 6.45) is 3.92. The van der Waals surface area contributed by atoms with E-state index in [9.17, 15) is 0 Å². The van der Waals surface area contributed by atoms with E-state index in [1.165, 1.54) is 0 Å². The summed E-state index contributed by atoms with van der Waals surface area (Å²) in [7, 11) is 1.72. The standard InChI is InChI=1S/C11H23O2Si.Li/c1-11(2,3)14(5,6)13-10-8-7-9-12-4;/h7-8H,4,9-10H2,1-3,5-6H3;/q-1;+1/b8-7-;. The van der Waals surface area contributed by atoms with Crippen molar-refractivity contribution in [3.63, 3.8) is 0 Å². The monoisotopic (exact) mass is 222 g/mol. The molecule has 0 aromatic heterocycles. The molecular weight excluding hydrogens is 199 g/mol. The normalized spacial score (nSPS) is 12.9. The zero-order valence-electron chi connectivity index (χ0n) is 11.1. The largest absolute Gasteiger partial charge is 1.00 e. The van der Waals surface area contributed by atoms with Gasteiger partial charge in [0.05, 0.1) is 6.61 Å². The quantitative estimate of drug-likeness (QED) is 0.380. The van der Waals surface area contributed by atoms with Gasteiger partial charge in [0.1, 0.15) is 0 Å². The summed E-state index contributed by atoms with van der Waals surface area (Å²) >= 11 is 0. The summed E-state index contributed by atoms with van der Waals surface area (Å²) in [5, 5.41) is 0.281. The molecule has 0 spiro atoms. The Bertz CT molecular complexity index is 186. The maximum atomic E-state index is 5.92. The number of ether oxygens (including phenoxy) is 1. The van der Waals surface area contributed by atoms with Gasteiger partial charge in [-0.2, -0.15) is 0 Å². The van der Waals surface area contributed by atoms with Gasteiger partial charge < -0.3 is 9.16 Å². The average Bonchev–Trinajstić information content (AvgIpc) is 2.02. The van der Waals surface area contributed by atoms with Crippen molar-refractivity contribution in [1.29, 1.82) is 0 Å². The second-order valence-corrected chi connectivity index (χ2v) is 9.72. The third-order valence-corrected chi connectivity index (χ3v) is 7.23. The summed E-state index contributed by atoms with van der Waals surface area (Å²) in [4.78, 5) is 0. The molecule has 0 heterocycles. The van der Waals surface area contributed by atoms with Gasteiger partial charge >= 0.3 is 18.9 Å². The predicted molar refractivity (Wildman–Crippen MR) is 63.6 cm³/mol. The van der Waals surface area contributed by atoms with E-state index < -0.39 is 8.32 Å². The van der Waals surface area contributed by atoms with Crippen molar-refractivity contribution in [1.82, 2.24) is 0 Å². The summed E-state index contributed by atoms with van der Waals surface area (Å²) in [5.74, 6) is 0. The molecule has 15 heavy (non-hydrogen) atoms. The van der Waals surface area contributed by atoms with E-state index in [2.05, 4.69) is 45.7 Å². The molecule has 0 amide bonds. The van der Waals surface area contributed by atoms with Crippen LogP contribution in [0.2, 0.25) is 18.1 Å². The first-order valence-electron chi connectivity index (χ1n) is 4.97. The Morgan fingerprint density at radius 2 is 1.60 bits per heavy atom. The van der Waals surface area contributed by atoms with Gasteiger partial charge in [0.15, 0.2) is 8.32 Å². The summed E-state index contributed by atoms with van der Waals surface area (Å²) in [5.41, 5.74) is 0. The van der Waals surface area contributed by atoms with Crippen molar-refractivity contribution in [3.8, 4) is 0 Å². The molecular formula is C11H23LiO2Si. The van der Waals surface area contributed by atoms with Crippen LogP contribution in [-0.2, 0) is 9.16 Å². The van der Waals surface area contributed by atoms with E-state index in [-0.39, 0.29) is 23.9 Å². The van der Waals surface area contributed by atoms with Crippen molar-refractivity contribution in [3.05, 3.63) is 19.3 Å². The van der Waals surface area contributed by atoms with E-state index in [4.69, 9.17) is 4.43 Å². The summed E-state index contributed by atoms with van der Waals surface area (Å²) < 4.78 is 10.6. The molecule has 0 atom stereocenters. The fraction of sp³-hybridized carbons (Fsp3) is 0.727. The van der Waals surface area contributed by atoms with Crippen molar-refractivity contribution in [2.24, 2.45) is 0 Å². The first-order valence-corrected chi connectivity index (χ1v) is 7.88. The van der Waals surface area contributed by atoms with Crippen LogP contribution in [0, 0.1) is 7.11 Å². The van der Waals surface area contributed by atoms with Gasteiger partial charge in [-0.1, -0.05) is 32.9 Å². The zero-order chi connectivity index (χ0) is 11.2. The maximum absolute atomic E-state index is 5.92. The van der Waals surface area contributed by atoms with Gasteiger partial charge in [-0.05, 0) is 18.1 Å². The molecule has 0 aromatic rings. The second kappa shape index (κ2) is 7.70. The smallest absolute Gasteiger partial charge is 0.552 e. The molecule has 0 aliphatic rings. The molecule has 0 fully saturated rings. The Hall–Kier alpha value is 0.474. The van der Waals surface area contributed by atoms with Crippen LogP contribution in [0.5, 0.6) is 0 Å². The van der Waals surface area contributed by atoms with Crippen LogP contribution in [0.1, 0.15) is 20.8 Å². The van der Waals surface area contributed by atoms with Crippen LogP contribution in [0.15, 0.2) is 12.2 Å². The molecule has 0 aliphatic heterocycles. The number of rotatable bonds is 5. The Morgan fingerprint density at radius 1 is 1.13 bits per heavy atom. The molecule has 0 saturated carbocycles. The first kappa shape index (κ1) is 17.9. The van der Waals surface area contributed by atoms with Crippen molar-refractivity contribution in [2.75, 3.05) is 13.2 Å². The van der Waals surface area contributed by atoms with Crippen molar-refractivity contribution < 1.29 is 28.0 Å². The number of hydrogen-bond donors (Lipinski definition) is 0. The van der Waals surface area contributed by atoms with Crippen LogP contribution in [0.3, 0.4) is 0 Å². The van der Waals surface area contributed by atoms with E-state index in [0.29, 0.717) is 13.2 Å². The van der Waals surface area contributed by atoms with Crippen molar-refractivity contribution >= 4 is 8.32 Å².